The Hall–Kier alpha value is -1.56. The molecule has 1 aliphatic heterocycles. The van der Waals surface area contributed by atoms with E-state index in [0.29, 0.717) is 31.0 Å². The molecule has 1 atom stereocenters. The molecule has 0 saturated carbocycles. The van der Waals surface area contributed by atoms with Crippen molar-refractivity contribution in [1.29, 1.82) is 0 Å². The Morgan fingerprint density at radius 3 is 2.71 bits per heavy atom. The van der Waals surface area contributed by atoms with Crippen LogP contribution in [0.2, 0.25) is 5.02 Å². The zero-order chi connectivity index (χ0) is 15.6. The summed E-state index contributed by atoms with van der Waals surface area (Å²) in [5.41, 5.74) is 1.54. The average Bonchev–Trinajstić information content (AvgIpc) is 2.58. The number of hydrogen-bond acceptors (Lipinski definition) is 3. The minimum absolute atomic E-state index is 0.0439. The first-order valence-electron chi connectivity index (χ1n) is 7.20. The van der Waals surface area contributed by atoms with Gasteiger partial charge < -0.3 is 10.2 Å². The van der Waals surface area contributed by atoms with E-state index in [0.717, 1.165) is 17.8 Å². The number of rotatable bonds is 4. The lowest BCUT2D eigenvalue weighted by molar-refractivity contribution is -0.134. The molecule has 2 heterocycles. The number of carbonyl (C=O) groups is 2. The van der Waals surface area contributed by atoms with Gasteiger partial charge in [-0.15, -0.1) is 0 Å². The van der Waals surface area contributed by atoms with E-state index < -0.39 is 6.04 Å². The number of nitrogens with one attached hydrogen (secondary N) is 1. The van der Waals surface area contributed by atoms with Crippen molar-refractivity contribution in [3.63, 3.8) is 0 Å². The van der Waals surface area contributed by atoms with Gasteiger partial charge in [-0.05, 0) is 13.3 Å². The van der Waals surface area contributed by atoms with Gasteiger partial charge in [-0.3, -0.25) is 14.3 Å². The summed E-state index contributed by atoms with van der Waals surface area (Å²) in [4.78, 5) is 26.0. The van der Waals surface area contributed by atoms with Gasteiger partial charge in [0.1, 0.15) is 6.04 Å². The topological polar surface area (TPSA) is 67.2 Å². The Bertz CT molecular complexity index is 555. The summed E-state index contributed by atoms with van der Waals surface area (Å²) in [6.07, 6.45) is 1.82. The summed E-state index contributed by atoms with van der Waals surface area (Å²) < 4.78 is 1.69. The van der Waals surface area contributed by atoms with E-state index >= 15 is 0 Å². The average molecular weight is 313 g/mol. The number of halogens is 1. The predicted octanol–water partition coefficient (Wildman–Crippen LogP) is 1.40. The second-order valence-electron chi connectivity index (χ2n) is 5.39. The summed E-state index contributed by atoms with van der Waals surface area (Å²) in [5, 5.41) is 7.64. The zero-order valence-electron chi connectivity index (χ0n) is 12.6. The van der Waals surface area contributed by atoms with Crippen molar-refractivity contribution in [3.8, 4) is 0 Å². The van der Waals surface area contributed by atoms with Crippen molar-refractivity contribution in [2.75, 3.05) is 6.54 Å². The lowest BCUT2D eigenvalue weighted by Crippen LogP contribution is -2.44. The van der Waals surface area contributed by atoms with Crippen molar-refractivity contribution < 1.29 is 9.59 Å². The first-order chi connectivity index (χ1) is 9.93. The van der Waals surface area contributed by atoms with Crippen LogP contribution in [0.5, 0.6) is 0 Å². The molecule has 0 aromatic carbocycles. The molecule has 0 radical (unpaired) electrons. The van der Waals surface area contributed by atoms with E-state index in [1.165, 1.54) is 0 Å². The fourth-order valence-electron chi connectivity index (χ4n) is 2.57. The van der Waals surface area contributed by atoms with E-state index in [2.05, 4.69) is 10.4 Å². The Morgan fingerprint density at radius 2 is 2.14 bits per heavy atom. The molecule has 6 nitrogen and oxygen atoms in total. The van der Waals surface area contributed by atoms with Gasteiger partial charge in [0.2, 0.25) is 11.8 Å². The van der Waals surface area contributed by atoms with E-state index in [1.807, 2.05) is 20.9 Å². The molecule has 1 aliphatic rings. The largest absolute Gasteiger partial charge is 0.344 e. The molecule has 7 heteroatoms. The monoisotopic (exact) mass is 312 g/mol. The number of nitrogens with zero attached hydrogens (tertiary/aromatic N) is 3. The van der Waals surface area contributed by atoms with Gasteiger partial charge in [-0.2, -0.15) is 5.10 Å². The summed E-state index contributed by atoms with van der Waals surface area (Å²) in [7, 11) is 1.81. The van der Waals surface area contributed by atoms with Crippen LogP contribution in [0.1, 0.15) is 37.6 Å². The number of carbonyl (C=O) groups excluding carboxylic acids is 2. The third-order valence-corrected chi connectivity index (χ3v) is 4.23. The molecule has 21 heavy (non-hydrogen) atoms. The molecule has 2 amide bonds. The van der Waals surface area contributed by atoms with Crippen molar-refractivity contribution in [2.45, 2.75) is 45.7 Å². The highest BCUT2D eigenvalue weighted by Crippen LogP contribution is 2.22. The zero-order valence-corrected chi connectivity index (χ0v) is 13.4. The van der Waals surface area contributed by atoms with Crippen molar-refractivity contribution in [1.82, 2.24) is 20.0 Å². The van der Waals surface area contributed by atoms with Gasteiger partial charge >= 0.3 is 0 Å². The van der Waals surface area contributed by atoms with Crippen molar-refractivity contribution in [2.24, 2.45) is 7.05 Å². The van der Waals surface area contributed by atoms with E-state index in [1.54, 1.807) is 9.58 Å². The molecule has 1 aromatic rings. The summed E-state index contributed by atoms with van der Waals surface area (Å²) >= 11 is 6.24. The minimum Gasteiger partial charge on any atom is -0.344 e. The standard InChI is InChI=1S/C14H21ClN4O2/c1-4-5-10-14(21)19(7-6-12(20)16-10)8-11-13(15)9(2)17-18(11)3/h10H,4-8H2,1-3H3,(H,16,20). The molecule has 0 spiro atoms. The molecule has 2 rings (SSSR count). The van der Waals surface area contributed by atoms with Gasteiger partial charge in [0.15, 0.2) is 0 Å². The number of aryl methyl sites for hydroxylation is 2. The predicted molar refractivity (Wildman–Crippen MR) is 79.8 cm³/mol. The molecular weight excluding hydrogens is 292 g/mol. The Balaban J connectivity index is 2.21. The van der Waals surface area contributed by atoms with E-state index in [4.69, 9.17) is 11.6 Å². The van der Waals surface area contributed by atoms with Crippen LogP contribution in [0.4, 0.5) is 0 Å². The summed E-state index contributed by atoms with van der Waals surface area (Å²) in [6.45, 7) is 4.62. The molecule has 1 saturated heterocycles. The van der Waals surface area contributed by atoms with Gasteiger partial charge in [0.25, 0.3) is 0 Å². The number of aromatic nitrogens is 2. The SMILES string of the molecule is CCCC1NC(=O)CCN(Cc2c(Cl)c(C)nn2C)C1=O. The maximum atomic E-state index is 12.6. The van der Waals surface area contributed by atoms with Crippen LogP contribution in [0, 0.1) is 6.92 Å². The second kappa shape index (κ2) is 6.47. The molecule has 1 N–H and O–H groups in total. The molecule has 1 aromatic heterocycles. The smallest absolute Gasteiger partial charge is 0.245 e. The maximum absolute atomic E-state index is 12.6. The van der Waals surface area contributed by atoms with Gasteiger partial charge in [0, 0.05) is 20.0 Å². The third-order valence-electron chi connectivity index (χ3n) is 3.73. The van der Waals surface area contributed by atoms with Crippen LogP contribution in [0.3, 0.4) is 0 Å². The molecule has 1 fully saturated rings. The quantitative estimate of drug-likeness (QED) is 0.914. The van der Waals surface area contributed by atoms with Crippen molar-refractivity contribution >= 4 is 23.4 Å². The van der Waals surface area contributed by atoms with Crippen LogP contribution in [-0.4, -0.2) is 39.1 Å². The Morgan fingerprint density at radius 1 is 1.43 bits per heavy atom. The number of hydrogen-bond donors (Lipinski definition) is 1. The van der Waals surface area contributed by atoms with Crippen LogP contribution >= 0.6 is 11.6 Å². The molecule has 0 aliphatic carbocycles. The lowest BCUT2D eigenvalue weighted by Gasteiger charge is -2.24. The fraction of sp³-hybridized carbons (Fsp3) is 0.643. The van der Waals surface area contributed by atoms with Crippen LogP contribution < -0.4 is 5.32 Å². The van der Waals surface area contributed by atoms with E-state index in [-0.39, 0.29) is 11.8 Å². The Kier molecular flexibility index (Phi) is 4.88. The molecule has 0 bridgehead atoms. The van der Waals surface area contributed by atoms with Gasteiger partial charge in [-0.1, -0.05) is 24.9 Å². The maximum Gasteiger partial charge on any atom is 0.245 e. The highest BCUT2D eigenvalue weighted by Gasteiger charge is 2.30. The highest BCUT2D eigenvalue weighted by atomic mass is 35.5. The third kappa shape index (κ3) is 3.37. The lowest BCUT2D eigenvalue weighted by atomic mass is 10.1. The normalized spacial score (nSPS) is 19.6. The van der Waals surface area contributed by atoms with Crippen LogP contribution in [-0.2, 0) is 23.2 Å². The summed E-state index contributed by atoms with van der Waals surface area (Å²) in [5.74, 6) is -0.116. The van der Waals surface area contributed by atoms with Crippen LogP contribution in [0.15, 0.2) is 0 Å². The second-order valence-corrected chi connectivity index (χ2v) is 5.77. The fourth-order valence-corrected chi connectivity index (χ4v) is 2.79. The number of amides is 2. The Labute approximate surface area is 129 Å². The van der Waals surface area contributed by atoms with Gasteiger partial charge in [0.05, 0.1) is 23.0 Å². The van der Waals surface area contributed by atoms with E-state index in [9.17, 15) is 9.59 Å². The molecule has 116 valence electrons. The first-order valence-corrected chi connectivity index (χ1v) is 7.58. The van der Waals surface area contributed by atoms with Gasteiger partial charge in [-0.25, -0.2) is 0 Å². The minimum atomic E-state index is -0.432. The van der Waals surface area contributed by atoms with Crippen molar-refractivity contribution in [3.05, 3.63) is 16.4 Å². The molecular formula is C14H21ClN4O2. The van der Waals surface area contributed by atoms with Crippen LogP contribution in [0.25, 0.3) is 0 Å². The highest BCUT2D eigenvalue weighted by molar-refractivity contribution is 6.31. The molecule has 1 unspecified atom stereocenters. The first kappa shape index (κ1) is 15.8. The summed E-state index contributed by atoms with van der Waals surface area (Å²) in [6, 6.07) is -0.432.